The maximum atomic E-state index is 2.75. The molecule has 1 aromatic rings. The number of unbranched alkanes of at least 4 members (excludes halogenated alkanes) is 5. The van der Waals surface area contributed by atoms with E-state index in [2.05, 4.69) is 48.2 Å². The minimum atomic E-state index is 0.712. The van der Waals surface area contributed by atoms with Crippen molar-refractivity contribution in [3.63, 3.8) is 0 Å². The summed E-state index contributed by atoms with van der Waals surface area (Å²) in [6.07, 6.45) is 16.6. The molecule has 1 nitrogen and oxygen atoms in total. The molecule has 2 bridgehead atoms. The monoisotopic (exact) mass is 311 g/mol. The Balaban J connectivity index is 1.46. The van der Waals surface area contributed by atoms with Gasteiger partial charge in [0.05, 0.1) is 0 Å². The third kappa shape index (κ3) is 4.70. The third-order valence-electron chi connectivity index (χ3n) is 5.68. The van der Waals surface area contributed by atoms with Crippen molar-refractivity contribution in [2.45, 2.75) is 89.8 Å². The molecule has 2 aliphatic heterocycles. The standard InChI is InChI=1S/C22H33N/c1-2-3-4-5-6-8-13-20-16-21-14-15-22(17-20)23(21)18-19-11-9-7-10-12-19/h7,9-12,16,21-22H,2-6,8,13-15,17-18H2,1H3. The van der Waals surface area contributed by atoms with Crippen LogP contribution in [0.2, 0.25) is 0 Å². The number of hydrogen-bond donors (Lipinski definition) is 0. The molecule has 0 radical (unpaired) electrons. The molecule has 3 rings (SSSR count). The highest BCUT2D eigenvalue weighted by molar-refractivity contribution is 5.21. The number of fused-ring (bicyclic) bond motifs is 2. The van der Waals surface area contributed by atoms with Crippen LogP contribution >= 0.6 is 0 Å². The van der Waals surface area contributed by atoms with E-state index in [1.54, 1.807) is 5.57 Å². The van der Waals surface area contributed by atoms with Crippen LogP contribution in [-0.4, -0.2) is 17.0 Å². The minimum absolute atomic E-state index is 0.712. The fourth-order valence-corrected chi connectivity index (χ4v) is 4.37. The summed E-state index contributed by atoms with van der Waals surface area (Å²) >= 11 is 0. The second kappa shape index (κ2) is 8.68. The first-order valence-electron chi connectivity index (χ1n) is 9.86. The van der Waals surface area contributed by atoms with Gasteiger partial charge in [0, 0.05) is 18.6 Å². The Labute approximate surface area is 142 Å². The highest BCUT2D eigenvalue weighted by Crippen LogP contribution is 2.37. The quantitative estimate of drug-likeness (QED) is 0.393. The van der Waals surface area contributed by atoms with Gasteiger partial charge in [0.1, 0.15) is 0 Å². The van der Waals surface area contributed by atoms with Crippen molar-refractivity contribution in [2.75, 3.05) is 0 Å². The van der Waals surface area contributed by atoms with Crippen molar-refractivity contribution >= 4 is 0 Å². The van der Waals surface area contributed by atoms with Gasteiger partial charge in [0.25, 0.3) is 0 Å². The van der Waals surface area contributed by atoms with Crippen LogP contribution in [0, 0.1) is 0 Å². The molecule has 0 N–H and O–H groups in total. The summed E-state index contributed by atoms with van der Waals surface area (Å²) in [6, 6.07) is 12.5. The minimum Gasteiger partial charge on any atom is -0.289 e. The van der Waals surface area contributed by atoms with Gasteiger partial charge < -0.3 is 0 Å². The maximum Gasteiger partial charge on any atom is 0.0288 e. The predicted octanol–water partition coefficient (Wildman–Crippen LogP) is 6.10. The summed E-state index contributed by atoms with van der Waals surface area (Å²) in [7, 11) is 0. The largest absolute Gasteiger partial charge is 0.289 e. The Morgan fingerprint density at radius 1 is 0.957 bits per heavy atom. The molecule has 1 fully saturated rings. The van der Waals surface area contributed by atoms with E-state index in [1.165, 1.54) is 69.8 Å². The Hall–Kier alpha value is -1.08. The maximum absolute atomic E-state index is 2.75. The smallest absolute Gasteiger partial charge is 0.0288 e. The molecule has 2 unspecified atom stereocenters. The lowest BCUT2D eigenvalue weighted by molar-refractivity contribution is 0.194. The van der Waals surface area contributed by atoms with Gasteiger partial charge in [-0.2, -0.15) is 0 Å². The van der Waals surface area contributed by atoms with Crippen LogP contribution in [0.15, 0.2) is 42.0 Å². The molecule has 1 saturated heterocycles. The van der Waals surface area contributed by atoms with Crippen molar-refractivity contribution in [2.24, 2.45) is 0 Å². The molecular weight excluding hydrogens is 278 g/mol. The van der Waals surface area contributed by atoms with E-state index in [0.29, 0.717) is 6.04 Å². The van der Waals surface area contributed by atoms with Crippen molar-refractivity contribution in [3.8, 4) is 0 Å². The highest BCUT2D eigenvalue weighted by Gasteiger charge is 2.35. The van der Waals surface area contributed by atoms with Gasteiger partial charge in [0.15, 0.2) is 0 Å². The lowest BCUT2D eigenvalue weighted by Crippen LogP contribution is -2.37. The van der Waals surface area contributed by atoms with Gasteiger partial charge in [-0.1, -0.05) is 81.0 Å². The van der Waals surface area contributed by atoms with Crippen LogP contribution in [0.4, 0.5) is 0 Å². The topological polar surface area (TPSA) is 3.24 Å². The van der Waals surface area contributed by atoms with Crippen LogP contribution in [-0.2, 0) is 6.54 Å². The van der Waals surface area contributed by atoms with Crippen LogP contribution in [0.5, 0.6) is 0 Å². The fourth-order valence-electron chi connectivity index (χ4n) is 4.37. The summed E-state index contributed by atoms with van der Waals surface area (Å²) in [5.41, 5.74) is 3.23. The first kappa shape index (κ1) is 16.8. The van der Waals surface area contributed by atoms with Crippen LogP contribution in [0.3, 0.4) is 0 Å². The lowest BCUT2D eigenvalue weighted by Gasteiger charge is -2.34. The van der Waals surface area contributed by atoms with Gasteiger partial charge in [-0.3, -0.25) is 4.90 Å². The van der Waals surface area contributed by atoms with Gasteiger partial charge in [0.2, 0.25) is 0 Å². The van der Waals surface area contributed by atoms with Gasteiger partial charge in [-0.05, 0) is 37.7 Å². The molecule has 0 aliphatic carbocycles. The van der Waals surface area contributed by atoms with Crippen LogP contribution in [0.1, 0.15) is 76.7 Å². The van der Waals surface area contributed by atoms with E-state index in [1.807, 2.05) is 0 Å². The number of rotatable bonds is 9. The molecular formula is C22H33N. The Kier molecular flexibility index (Phi) is 6.33. The summed E-state index contributed by atoms with van der Waals surface area (Å²) in [4.78, 5) is 2.75. The molecule has 2 aliphatic rings. The normalized spacial score (nSPS) is 24.0. The Bertz CT molecular complexity index is 490. The molecule has 0 spiro atoms. The van der Waals surface area contributed by atoms with Gasteiger partial charge in [-0.15, -0.1) is 0 Å². The molecule has 0 saturated carbocycles. The first-order valence-corrected chi connectivity index (χ1v) is 9.86. The Morgan fingerprint density at radius 2 is 1.74 bits per heavy atom. The van der Waals surface area contributed by atoms with E-state index < -0.39 is 0 Å². The highest BCUT2D eigenvalue weighted by atomic mass is 15.2. The average Bonchev–Trinajstić information content (AvgIpc) is 2.81. The second-order valence-corrected chi connectivity index (χ2v) is 7.50. The van der Waals surface area contributed by atoms with Crippen LogP contribution in [0.25, 0.3) is 0 Å². The molecule has 1 heteroatoms. The molecule has 1 aromatic carbocycles. The molecule has 126 valence electrons. The SMILES string of the molecule is CCCCCCCCC1=CC2CCC(C1)N2Cc1ccccc1. The molecule has 2 atom stereocenters. The second-order valence-electron chi connectivity index (χ2n) is 7.50. The van der Waals surface area contributed by atoms with Gasteiger partial charge in [-0.25, -0.2) is 0 Å². The number of nitrogens with zero attached hydrogens (tertiary/aromatic N) is 1. The zero-order chi connectivity index (χ0) is 15.9. The number of benzene rings is 1. The summed E-state index contributed by atoms with van der Waals surface area (Å²) in [6.45, 7) is 3.43. The molecule has 23 heavy (non-hydrogen) atoms. The fraction of sp³-hybridized carbons (Fsp3) is 0.636. The Morgan fingerprint density at radius 3 is 2.52 bits per heavy atom. The zero-order valence-electron chi connectivity index (χ0n) is 14.8. The van der Waals surface area contributed by atoms with Crippen molar-refractivity contribution in [1.82, 2.24) is 4.90 Å². The van der Waals surface area contributed by atoms with Crippen molar-refractivity contribution in [1.29, 1.82) is 0 Å². The molecule has 0 amide bonds. The predicted molar refractivity (Wildman–Crippen MR) is 99.5 cm³/mol. The average molecular weight is 312 g/mol. The van der Waals surface area contributed by atoms with Crippen molar-refractivity contribution in [3.05, 3.63) is 47.5 Å². The molecule has 0 aromatic heterocycles. The number of hydrogen-bond acceptors (Lipinski definition) is 1. The van der Waals surface area contributed by atoms with E-state index in [0.717, 1.165) is 12.6 Å². The summed E-state index contributed by atoms with van der Waals surface area (Å²) in [5.74, 6) is 0. The molecule has 2 heterocycles. The van der Waals surface area contributed by atoms with E-state index >= 15 is 0 Å². The van der Waals surface area contributed by atoms with E-state index in [4.69, 9.17) is 0 Å². The van der Waals surface area contributed by atoms with Crippen LogP contribution < -0.4 is 0 Å². The first-order chi connectivity index (χ1) is 11.4. The zero-order valence-corrected chi connectivity index (χ0v) is 14.8. The van der Waals surface area contributed by atoms with E-state index in [-0.39, 0.29) is 0 Å². The van der Waals surface area contributed by atoms with Gasteiger partial charge >= 0.3 is 0 Å². The summed E-state index contributed by atoms with van der Waals surface area (Å²) in [5, 5.41) is 0. The van der Waals surface area contributed by atoms with E-state index in [9.17, 15) is 0 Å². The van der Waals surface area contributed by atoms with Crippen molar-refractivity contribution < 1.29 is 0 Å². The summed E-state index contributed by atoms with van der Waals surface area (Å²) < 4.78 is 0. The lowest BCUT2D eigenvalue weighted by atomic mass is 9.95. The third-order valence-corrected chi connectivity index (χ3v) is 5.68.